The van der Waals surface area contributed by atoms with E-state index in [0.29, 0.717) is 5.75 Å². The summed E-state index contributed by atoms with van der Waals surface area (Å²) in [5.74, 6) is 0.353. The summed E-state index contributed by atoms with van der Waals surface area (Å²) < 4.78 is 3.75. The summed E-state index contributed by atoms with van der Waals surface area (Å²) in [5.41, 5.74) is 2.82. The number of phenols is 1. The van der Waals surface area contributed by atoms with Crippen LogP contribution in [0.25, 0.3) is 10.0 Å². The van der Waals surface area contributed by atoms with Gasteiger partial charge < -0.3 is 0 Å². The van der Waals surface area contributed by atoms with E-state index in [1.165, 1.54) is 15.6 Å². The number of carbonyl (C=O) groups excluding carboxylic acids is 1. The Hall–Kier alpha value is -0.484. The summed E-state index contributed by atoms with van der Waals surface area (Å²) in [6.45, 7) is 13.8. The van der Waals surface area contributed by atoms with Crippen LogP contribution < -0.4 is 5.19 Å². The molecular weight excluding hydrogens is 695 g/mol. The Morgan fingerprint density at radius 1 is 1.03 bits per heavy atom. The Labute approximate surface area is 218 Å². The van der Waals surface area contributed by atoms with Crippen LogP contribution in [-0.2, 0) is 4.79 Å². The third kappa shape index (κ3) is 3.53. The summed E-state index contributed by atoms with van der Waals surface area (Å²) in [6.07, 6.45) is 5.34. The van der Waals surface area contributed by atoms with Crippen LogP contribution in [0.1, 0.15) is 41.5 Å². The van der Waals surface area contributed by atoms with E-state index in [2.05, 4.69) is 92.8 Å². The average molecular weight is 720 g/mol. The Morgan fingerprint density at radius 2 is 1.68 bits per heavy atom. The molecule has 2 aromatic rings. The molecule has 2 heterocycles. The number of ketones is 1. The van der Waals surface area contributed by atoms with Gasteiger partial charge in [0.05, 0.1) is 0 Å². The molecule has 0 bridgehead atoms. The second-order valence-electron chi connectivity index (χ2n) is 10.1. The minimum atomic E-state index is -2.66. The third-order valence-electron chi connectivity index (χ3n) is 6.28. The molecule has 0 radical (unpaired) electrons. The molecule has 0 fully saturated rings. The van der Waals surface area contributed by atoms with E-state index in [4.69, 9.17) is 4.99 Å². The first-order valence-corrected chi connectivity index (χ1v) is 16.0. The predicted molar refractivity (Wildman–Crippen MR) is 150 cm³/mol. The Balaban J connectivity index is 2.27. The van der Waals surface area contributed by atoms with E-state index < -0.39 is 8.07 Å². The van der Waals surface area contributed by atoms with Crippen molar-refractivity contribution in [2.45, 2.75) is 51.6 Å². The van der Waals surface area contributed by atoms with Crippen molar-refractivity contribution in [3.63, 3.8) is 0 Å². The standard InChI is InChI=1S/C24H25I2NO2SeSi/c1-23(2,3)31(24(4,5)6)18-11-13(28)7-8-15(18)27-16-9-10-17(29)20(22(16)31)21-14(25)12-19(26)30-21/h7-12,29H,1-6H3. The molecule has 4 rings (SSSR count). The van der Waals surface area contributed by atoms with Crippen LogP contribution in [0.15, 0.2) is 46.6 Å². The van der Waals surface area contributed by atoms with E-state index in [1.807, 2.05) is 18.2 Å². The zero-order chi connectivity index (χ0) is 22.9. The molecule has 0 atom stereocenters. The molecule has 0 saturated carbocycles. The number of carbonyl (C=O) groups is 1. The van der Waals surface area contributed by atoms with Crippen molar-refractivity contribution < 1.29 is 9.90 Å². The molecule has 1 aliphatic heterocycles. The molecule has 2 aliphatic rings. The van der Waals surface area contributed by atoms with Crippen molar-refractivity contribution in [1.82, 2.24) is 0 Å². The van der Waals surface area contributed by atoms with Crippen molar-refractivity contribution in [2.75, 3.05) is 0 Å². The average Bonchev–Trinajstić information content (AvgIpc) is 2.95. The maximum atomic E-state index is 12.6. The number of benzene rings is 1. The van der Waals surface area contributed by atoms with Crippen LogP contribution in [0, 0.1) is 6.01 Å². The molecule has 3 nitrogen and oxygen atoms in total. The Kier molecular flexibility index (Phi) is 5.95. The molecule has 1 aromatic carbocycles. The van der Waals surface area contributed by atoms with Crippen LogP contribution in [0.5, 0.6) is 5.75 Å². The molecule has 1 aliphatic carbocycles. The van der Waals surface area contributed by atoms with E-state index in [9.17, 15) is 9.90 Å². The molecular formula is C24H25I2NO2SeSi. The van der Waals surface area contributed by atoms with Crippen molar-refractivity contribution in [3.05, 3.63) is 47.6 Å². The van der Waals surface area contributed by atoms with Gasteiger partial charge in [-0.1, -0.05) is 0 Å². The molecule has 0 amide bonds. The number of rotatable bonds is 1. The van der Waals surface area contributed by atoms with Crippen molar-refractivity contribution >= 4 is 90.1 Å². The summed E-state index contributed by atoms with van der Waals surface area (Å²) in [4.78, 5) is 17.6. The molecule has 162 valence electrons. The van der Waals surface area contributed by atoms with Gasteiger partial charge in [0.25, 0.3) is 0 Å². The molecule has 1 N–H and O–H groups in total. The fourth-order valence-corrected chi connectivity index (χ4v) is 19.0. The van der Waals surface area contributed by atoms with Gasteiger partial charge in [0.1, 0.15) is 0 Å². The number of aliphatic imine (C=N–C) groups is 1. The zero-order valence-electron chi connectivity index (χ0n) is 18.4. The summed E-state index contributed by atoms with van der Waals surface area (Å²) in [6, 6.07) is 5.98. The second-order valence-corrected chi connectivity index (χ2v) is 21.8. The van der Waals surface area contributed by atoms with Gasteiger partial charge in [-0.25, -0.2) is 0 Å². The number of aromatic hydroxyl groups is 1. The van der Waals surface area contributed by atoms with E-state index >= 15 is 0 Å². The first-order chi connectivity index (χ1) is 14.3. The van der Waals surface area contributed by atoms with Crippen molar-refractivity contribution in [2.24, 2.45) is 4.99 Å². The quantitative estimate of drug-likeness (QED) is 0.215. The third-order valence-corrected chi connectivity index (χ3v) is 18.4. The Morgan fingerprint density at radius 3 is 2.23 bits per heavy atom. The summed E-state index contributed by atoms with van der Waals surface area (Å²) in [5, 5.41) is 13.3. The van der Waals surface area contributed by atoms with E-state index in [1.54, 1.807) is 12.1 Å². The monoisotopic (exact) mass is 721 g/mol. The van der Waals surface area contributed by atoms with Crippen molar-refractivity contribution in [1.29, 1.82) is 0 Å². The summed E-state index contributed by atoms with van der Waals surface area (Å²) in [7, 11) is -2.66. The van der Waals surface area contributed by atoms with Crippen LogP contribution in [0.2, 0.25) is 10.1 Å². The van der Waals surface area contributed by atoms with E-state index in [0.717, 1.165) is 22.2 Å². The van der Waals surface area contributed by atoms with Crippen LogP contribution in [-0.4, -0.2) is 39.2 Å². The molecule has 0 spiro atoms. The number of allylic oxidation sites excluding steroid dienone is 4. The van der Waals surface area contributed by atoms with Gasteiger partial charge in [-0.05, 0) is 0 Å². The van der Waals surface area contributed by atoms with Gasteiger partial charge in [0.15, 0.2) is 0 Å². The van der Waals surface area contributed by atoms with Gasteiger partial charge in [0.2, 0.25) is 0 Å². The van der Waals surface area contributed by atoms with E-state index in [-0.39, 0.29) is 30.4 Å². The fourth-order valence-electron chi connectivity index (χ4n) is 5.66. The Bertz CT molecular complexity index is 1200. The number of fused-ring (bicyclic) bond motifs is 2. The summed E-state index contributed by atoms with van der Waals surface area (Å²) >= 11 is 4.96. The maximum absolute atomic E-state index is 12.6. The zero-order valence-corrected chi connectivity index (χ0v) is 25.5. The second kappa shape index (κ2) is 7.79. The minimum absolute atomic E-state index is 0.0274. The van der Waals surface area contributed by atoms with Crippen molar-refractivity contribution in [3.8, 4) is 15.8 Å². The number of halogens is 2. The van der Waals surface area contributed by atoms with Crippen LogP contribution in [0.3, 0.4) is 0 Å². The first-order valence-electron chi connectivity index (χ1n) is 10.1. The molecule has 1 aromatic heterocycles. The van der Waals surface area contributed by atoms with Crippen LogP contribution in [0.4, 0.5) is 5.69 Å². The van der Waals surface area contributed by atoms with Gasteiger partial charge in [-0.3, -0.25) is 0 Å². The normalized spacial score (nSPS) is 17.7. The number of hydrogen-bond acceptors (Lipinski definition) is 3. The van der Waals surface area contributed by atoms with Gasteiger partial charge in [-0.15, -0.1) is 0 Å². The predicted octanol–water partition coefficient (Wildman–Crippen LogP) is 6.27. The number of nitrogens with zero attached hydrogens (tertiary/aromatic N) is 1. The van der Waals surface area contributed by atoms with Gasteiger partial charge in [-0.2, -0.15) is 0 Å². The van der Waals surface area contributed by atoms with Gasteiger partial charge >= 0.3 is 220 Å². The molecule has 31 heavy (non-hydrogen) atoms. The molecule has 0 unspecified atom stereocenters. The SMILES string of the molecule is CC(C)(C)[Si]1(C(C)(C)C)C2=CC(=O)C=CC2=Nc2ccc(O)c(-c3[se]c(I)cc3I)c21. The number of hydrogen-bond donors (Lipinski definition) is 1. The first kappa shape index (κ1) is 23.7. The molecule has 0 saturated heterocycles. The number of phenolic OH excluding ortho intramolecular Hbond substituents is 1. The van der Waals surface area contributed by atoms with Gasteiger partial charge in [0, 0.05) is 0 Å². The topological polar surface area (TPSA) is 49.7 Å². The molecule has 7 heteroatoms. The fraction of sp³-hybridized carbons (Fsp3) is 0.333. The van der Waals surface area contributed by atoms with Crippen LogP contribution >= 0.6 is 45.2 Å².